The van der Waals surface area contributed by atoms with E-state index < -0.39 is 0 Å². The van der Waals surface area contributed by atoms with Crippen LogP contribution in [0.5, 0.6) is 5.75 Å². The third-order valence-electron chi connectivity index (χ3n) is 5.21. The largest absolute Gasteiger partial charge is 0.497 e. The van der Waals surface area contributed by atoms with E-state index in [0.717, 1.165) is 44.0 Å². The zero-order valence-electron chi connectivity index (χ0n) is 15.3. The first kappa shape index (κ1) is 17.5. The number of benzene rings is 2. The molecule has 0 atom stereocenters. The number of nitrogens with one attached hydrogen (secondary N) is 1. The van der Waals surface area contributed by atoms with Gasteiger partial charge in [-0.05, 0) is 53.1 Å². The zero-order valence-corrected chi connectivity index (χ0v) is 15.3. The van der Waals surface area contributed by atoms with Gasteiger partial charge in [0.25, 0.3) is 0 Å². The Hall–Kier alpha value is -2.93. The number of aromatic nitrogens is 4. The minimum Gasteiger partial charge on any atom is -0.497 e. The molecule has 3 aromatic rings. The van der Waals surface area contributed by atoms with E-state index in [2.05, 4.69) is 33.0 Å². The maximum atomic E-state index is 5.62. The van der Waals surface area contributed by atoms with Crippen molar-refractivity contribution < 1.29 is 9.47 Å². The topological polar surface area (TPSA) is 74.1 Å². The van der Waals surface area contributed by atoms with Crippen LogP contribution in [0.15, 0.2) is 54.6 Å². The van der Waals surface area contributed by atoms with E-state index in [0.29, 0.717) is 5.95 Å². The van der Waals surface area contributed by atoms with E-state index in [-0.39, 0.29) is 5.41 Å². The number of rotatable bonds is 6. The van der Waals surface area contributed by atoms with Crippen LogP contribution >= 0.6 is 0 Å². The monoisotopic (exact) mass is 365 g/mol. The minimum atomic E-state index is -0.0298. The Morgan fingerprint density at radius 2 is 1.81 bits per heavy atom. The van der Waals surface area contributed by atoms with Crippen molar-refractivity contribution >= 4 is 5.95 Å². The fourth-order valence-electron chi connectivity index (χ4n) is 3.56. The quantitative estimate of drug-likeness (QED) is 0.724. The molecule has 27 heavy (non-hydrogen) atoms. The van der Waals surface area contributed by atoms with E-state index in [1.807, 2.05) is 42.5 Å². The molecule has 1 saturated heterocycles. The van der Waals surface area contributed by atoms with Gasteiger partial charge >= 0.3 is 0 Å². The molecule has 1 fully saturated rings. The van der Waals surface area contributed by atoms with E-state index in [1.54, 1.807) is 11.8 Å². The number of ether oxygens (including phenoxy) is 2. The molecule has 0 amide bonds. The first-order valence-corrected chi connectivity index (χ1v) is 9.11. The van der Waals surface area contributed by atoms with E-state index in [1.165, 1.54) is 5.56 Å². The molecule has 1 aromatic heterocycles. The van der Waals surface area contributed by atoms with Crippen LogP contribution in [0.3, 0.4) is 0 Å². The van der Waals surface area contributed by atoms with E-state index in [9.17, 15) is 0 Å². The van der Waals surface area contributed by atoms with Crippen molar-refractivity contribution in [3.8, 4) is 11.4 Å². The molecule has 0 spiro atoms. The molecule has 1 N–H and O–H groups in total. The lowest BCUT2D eigenvalue weighted by molar-refractivity contribution is 0.0543. The van der Waals surface area contributed by atoms with Crippen LogP contribution in [-0.4, -0.2) is 47.1 Å². The van der Waals surface area contributed by atoms with Gasteiger partial charge in [0.15, 0.2) is 0 Å². The number of methoxy groups -OCH3 is 1. The summed E-state index contributed by atoms with van der Waals surface area (Å²) in [6, 6.07) is 18.2. The first-order valence-electron chi connectivity index (χ1n) is 9.11. The molecule has 0 unspecified atom stereocenters. The van der Waals surface area contributed by atoms with E-state index >= 15 is 0 Å². The van der Waals surface area contributed by atoms with Gasteiger partial charge in [-0.3, -0.25) is 0 Å². The van der Waals surface area contributed by atoms with Crippen LogP contribution in [0.1, 0.15) is 18.4 Å². The normalized spacial score (nSPS) is 16.0. The van der Waals surface area contributed by atoms with Gasteiger partial charge in [0.05, 0.1) is 12.8 Å². The fourth-order valence-corrected chi connectivity index (χ4v) is 3.56. The number of nitrogens with zero attached hydrogens (tertiary/aromatic N) is 4. The number of para-hydroxylation sites is 1. The Bertz CT molecular complexity index is 858. The molecule has 7 nitrogen and oxygen atoms in total. The average Bonchev–Trinajstić information content (AvgIpc) is 3.22. The second-order valence-corrected chi connectivity index (χ2v) is 6.72. The SMILES string of the molecule is COc1ccc(C2(CNc3nnnn3-c3ccccc3)CCOCC2)cc1. The average molecular weight is 365 g/mol. The number of hydrogen-bond donors (Lipinski definition) is 1. The molecule has 0 saturated carbocycles. The molecule has 7 heteroatoms. The van der Waals surface area contributed by atoms with Crippen molar-refractivity contribution in [1.29, 1.82) is 0 Å². The lowest BCUT2D eigenvalue weighted by Gasteiger charge is -2.38. The van der Waals surface area contributed by atoms with Gasteiger partial charge in [-0.1, -0.05) is 35.4 Å². The lowest BCUT2D eigenvalue weighted by atomic mass is 9.74. The molecule has 0 radical (unpaired) electrons. The Labute approximate surface area is 158 Å². The number of anilines is 1. The van der Waals surface area contributed by atoms with E-state index in [4.69, 9.17) is 9.47 Å². The Morgan fingerprint density at radius 3 is 2.52 bits per heavy atom. The van der Waals surface area contributed by atoms with Gasteiger partial charge in [0.1, 0.15) is 5.75 Å². The number of tetrazole rings is 1. The third-order valence-corrected chi connectivity index (χ3v) is 5.21. The van der Waals surface area contributed by atoms with Gasteiger partial charge in [-0.25, -0.2) is 0 Å². The van der Waals surface area contributed by atoms with Crippen LogP contribution < -0.4 is 10.1 Å². The van der Waals surface area contributed by atoms with Gasteiger partial charge < -0.3 is 14.8 Å². The van der Waals surface area contributed by atoms with Crippen molar-refractivity contribution in [3.05, 3.63) is 60.2 Å². The molecule has 2 heterocycles. The van der Waals surface area contributed by atoms with Gasteiger partial charge in [-0.2, -0.15) is 4.68 Å². The van der Waals surface area contributed by atoms with Crippen molar-refractivity contribution in [2.45, 2.75) is 18.3 Å². The van der Waals surface area contributed by atoms with Crippen LogP contribution in [0.2, 0.25) is 0 Å². The van der Waals surface area contributed by atoms with Gasteiger partial charge in [0, 0.05) is 25.2 Å². The van der Waals surface area contributed by atoms with Crippen molar-refractivity contribution in [3.63, 3.8) is 0 Å². The first-order chi connectivity index (χ1) is 13.3. The molecule has 0 aliphatic carbocycles. The molecular formula is C20H23N5O2. The van der Waals surface area contributed by atoms with Crippen LogP contribution in [0.4, 0.5) is 5.95 Å². The third kappa shape index (κ3) is 3.64. The maximum Gasteiger partial charge on any atom is 0.247 e. The Morgan fingerprint density at radius 1 is 1.07 bits per heavy atom. The molecule has 4 rings (SSSR count). The predicted molar refractivity (Wildman–Crippen MR) is 102 cm³/mol. The maximum absolute atomic E-state index is 5.62. The second kappa shape index (κ2) is 7.75. The summed E-state index contributed by atoms with van der Waals surface area (Å²) in [5.41, 5.74) is 2.17. The minimum absolute atomic E-state index is 0.0298. The summed E-state index contributed by atoms with van der Waals surface area (Å²) in [4.78, 5) is 0. The molecule has 1 aliphatic rings. The number of hydrogen-bond acceptors (Lipinski definition) is 6. The molecule has 1 aliphatic heterocycles. The fraction of sp³-hybridized carbons (Fsp3) is 0.350. The highest BCUT2D eigenvalue weighted by Crippen LogP contribution is 2.36. The molecule has 2 aromatic carbocycles. The predicted octanol–water partition coefficient (Wildman–Crippen LogP) is 2.83. The molecule has 0 bridgehead atoms. The van der Waals surface area contributed by atoms with Crippen molar-refractivity contribution in [2.75, 3.05) is 32.2 Å². The van der Waals surface area contributed by atoms with Crippen molar-refractivity contribution in [2.24, 2.45) is 0 Å². The Balaban J connectivity index is 1.58. The van der Waals surface area contributed by atoms with Crippen LogP contribution in [-0.2, 0) is 10.2 Å². The van der Waals surface area contributed by atoms with Gasteiger partial charge in [0.2, 0.25) is 5.95 Å². The van der Waals surface area contributed by atoms with Crippen LogP contribution in [0.25, 0.3) is 5.69 Å². The Kier molecular flexibility index (Phi) is 5.02. The summed E-state index contributed by atoms with van der Waals surface area (Å²) < 4.78 is 12.6. The summed E-state index contributed by atoms with van der Waals surface area (Å²) >= 11 is 0. The lowest BCUT2D eigenvalue weighted by Crippen LogP contribution is -2.40. The summed E-state index contributed by atoms with van der Waals surface area (Å²) in [5, 5.41) is 15.6. The summed E-state index contributed by atoms with van der Waals surface area (Å²) in [6.45, 7) is 2.23. The molecular weight excluding hydrogens is 342 g/mol. The highest BCUT2D eigenvalue weighted by atomic mass is 16.5. The highest BCUT2D eigenvalue weighted by molar-refractivity contribution is 5.40. The molecule has 140 valence electrons. The zero-order chi connectivity index (χ0) is 18.5. The smallest absolute Gasteiger partial charge is 0.247 e. The second-order valence-electron chi connectivity index (χ2n) is 6.72. The summed E-state index contributed by atoms with van der Waals surface area (Å²) in [7, 11) is 1.68. The van der Waals surface area contributed by atoms with Crippen LogP contribution in [0, 0.1) is 0 Å². The summed E-state index contributed by atoms with van der Waals surface area (Å²) in [5.74, 6) is 1.50. The standard InChI is InChI=1S/C20H23N5O2/c1-26-18-9-7-16(8-10-18)20(11-13-27-14-12-20)15-21-19-22-23-24-25(19)17-5-3-2-4-6-17/h2-10H,11-15H2,1H3,(H,21,22,24). The highest BCUT2D eigenvalue weighted by Gasteiger charge is 2.35. The van der Waals surface area contributed by atoms with Gasteiger partial charge in [-0.15, -0.1) is 0 Å². The summed E-state index contributed by atoms with van der Waals surface area (Å²) in [6.07, 6.45) is 1.89. The van der Waals surface area contributed by atoms with Crippen molar-refractivity contribution in [1.82, 2.24) is 20.2 Å².